The van der Waals surface area contributed by atoms with Crippen LogP contribution in [-0.2, 0) is 19.6 Å². The summed E-state index contributed by atoms with van der Waals surface area (Å²) in [6.07, 6.45) is 0. The van der Waals surface area contributed by atoms with Gasteiger partial charge >= 0.3 is 0 Å². The van der Waals surface area contributed by atoms with Crippen molar-refractivity contribution in [1.82, 2.24) is 0 Å². The highest BCUT2D eigenvalue weighted by Gasteiger charge is 2.32. The molecule has 0 aromatic heterocycles. The van der Waals surface area contributed by atoms with Gasteiger partial charge in [-0.15, -0.1) is 0 Å². The molecule has 1 heterocycles. The normalized spacial score (nSPS) is 13.3. The maximum absolute atomic E-state index is 13.4. The SMILES string of the molecule is Cc1cccc(N(CC(=O)N2CC(=O)Nc3ccccc32)S(=O)(=O)c2ccccc2)c1. The minimum Gasteiger partial charge on any atom is -0.323 e. The van der Waals surface area contributed by atoms with Crippen molar-refractivity contribution >= 4 is 38.9 Å². The summed E-state index contributed by atoms with van der Waals surface area (Å²) in [5, 5.41) is 2.73. The third-order valence-electron chi connectivity index (χ3n) is 4.97. The Labute approximate surface area is 181 Å². The molecule has 1 N–H and O–H groups in total. The first-order valence-corrected chi connectivity index (χ1v) is 11.1. The number of aryl methyl sites for hydroxylation is 1. The quantitative estimate of drug-likeness (QED) is 0.667. The van der Waals surface area contributed by atoms with Crippen LogP contribution in [0.3, 0.4) is 0 Å². The highest BCUT2D eigenvalue weighted by Crippen LogP contribution is 2.30. The van der Waals surface area contributed by atoms with E-state index in [1.54, 1.807) is 60.7 Å². The van der Waals surface area contributed by atoms with Gasteiger partial charge in [0.15, 0.2) is 0 Å². The molecule has 0 fully saturated rings. The molecule has 7 nitrogen and oxygen atoms in total. The van der Waals surface area contributed by atoms with Gasteiger partial charge in [-0.3, -0.25) is 18.8 Å². The summed E-state index contributed by atoms with van der Waals surface area (Å²) in [4.78, 5) is 26.8. The zero-order valence-corrected chi connectivity index (χ0v) is 17.7. The number of rotatable bonds is 5. The van der Waals surface area contributed by atoms with Crippen LogP contribution in [0.2, 0.25) is 0 Å². The molecular formula is C23H21N3O4S. The molecule has 0 spiro atoms. The van der Waals surface area contributed by atoms with E-state index in [0.717, 1.165) is 9.87 Å². The number of hydrogen-bond acceptors (Lipinski definition) is 4. The standard InChI is InChI=1S/C23H21N3O4S/c1-17-8-7-9-18(14-17)26(31(29,30)19-10-3-2-4-11-19)16-23(28)25-15-22(27)24-20-12-5-6-13-21(20)25/h2-14H,15-16H2,1H3,(H,24,27). The van der Waals surface area contributed by atoms with E-state index in [9.17, 15) is 18.0 Å². The van der Waals surface area contributed by atoms with Crippen LogP contribution in [0, 0.1) is 6.92 Å². The zero-order chi connectivity index (χ0) is 22.0. The van der Waals surface area contributed by atoms with Crippen molar-refractivity contribution in [2.45, 2.75) is 11.8 Å². The summed E-state index contributed by atoms with van der Waals surface area (Å²) in [6, 6.07) is 21.9. The average molecular weight is 436 g/mol. The molecule has 0 saturated carbocycles. The minimum atomic E-state index is -4.01. The van der Waals surface area contributed by atoms with E-state index in [0.29, 0.717) is 17.1 Å². The molecule has 1 aliphatic rings. The molecule has 0 saturated heterocycles. The molecule has 0 atom stereocenters. The van der Waals surface area contributed by atoms with Gasteiger partial charge in [-0.25, -0.2) is 8.42 Å². The van der Waals surface area contributed by atoms with Crippen LogP contribution in [0.5, 0.6) is 0 Å². The Hall–Kier alpha value is -3.65. The van der Waals surface area contributed by atoms with Crippen LogP contribution < -0.4 is 14.5 Å². The third-order valence-corrected chi connectivity index (χ3v) is 6.76. The van der Waals surface area contributed by atoms with Gasteiger partial charge < -0.3 is 5.32 Å². The van der Waals surface area contributed by atoms with E-state index in [2.05, 4.69) is 5.32 Å². The lowest BCUT2D eigenvalue weighted by atomic mass is 10.2. The maximum atomic E-state index is 13.4. The Kier molecular flexibility index (Phi) is 5.48. The van der Waals surface area contributed by atoms with Crippen LogP contribution in [0.1, 0.15) is 5.56 Å². The van der Waals surface area contributed by atoms with Crippen LogP contribution >= 0.6 is 0 Å². The summed E-state index contributed by atoms with van der Waals surface area (Å²) in [5.41, 5.74) is 2.29. The first kappa shape index (κ1) is 20.6. The molecule has 8 heteroatoms. The van der Waals surface area contributed by atoms with E-state index in [1.165, 1.54) is 17.0 Å². The number of nitrogens with zero attached hydrogens (tertiary/aromatic N) is 2. The minimum absolute atomic E-state index is 0.0843. The predicted octanol–water partition coefficient (Wildman–Crippen LogP) is 3.18. The van der Waals surface area contributed by atoms with Gasteiger partial charge in [0.25, 0.3) is 10.0 Å². The average Bonchev–Trinajstić information content (AvgIpc) is 2.77. The smallest absolute Gasteiger partial charge is 0.264 e. The van der Waals surface area contributed by atoms with Crippen molar-refractivity contribution in [2.24, 2.45) is 0 Å². The maximum Gasteiger partial charge on any atom is 0.264 e. The highest BCUT2D eigenvalue weighted by atomic mass is 32.2. The van der Waals surface area contributed by atoms with Gasteiger partial charge in [-0.1, -0.05) is 42.5 Å². The molecule has 0 radical (unpaired) electrons. The largest absolute Gasteiger partial charge is 0.323 e. The monoisotopic (exact) mass is 435 g/mol. The van der Waals surface area contributed by atoms with Crippen molar-refractivity contribution < 1.29 is 18.0 Å². The number of hydrogen-bond donors (Lipinski definition) is 1. The van der Waals surface area contributed by atoms with Crippen molar-refractivity contribution in [1.29, 1.82) is 0 Å². The van der Waals surface area contributed by atoms with E-state index in [-0.39, 0.29) is 17.3 Å². The topological polar surface area (TPSA) is 86.8 Å². The Morgan fingerprint density at radius 3 is 2.45 bits per heavy atom. The molecule has 31 heavy (non-hydrogen) atoms. The van der Waals surface area contributed by atoms with E-state index >= 15 is 0 Å². The van der Waals surface area contributed by atoms with Crippen LogP contribution in [0.15, 0.2) is 83.8 Å². The molecule has 0 unspecified atom stereocenters. The number of anilines is 3. The lowest BCUT2D eigenvalue weighted by Gasteiger charge is -2.32. The molecule has 0 aliphatic carbocycles. The zero-order valence-electron chi connectivity index (χ0n) is 16.9. The molecule has 0 bridgehead atoms. The number of carbonyl (C=O) groups excluding carboxylic acids is 2. The van der Waals surface area contributed by atoms with Gasteiger partial charge in [0.05, 0.1) is 22.0 Å². The molecule has 4 rings (SSSR count). The van der Waals surface area contributed by atoms with Crippen molar-refractivity contribution in [3.63, 3.8) is 0 Å². The fourth-order valence-electron chi connectivity index (χ4n) is 3.48. The summed E-state index contributed by atoms with van der Waals surface area (Å²) in [6.45, 7) is 1.23. The van der Waals surface area contributed by atoms with Crippen molar-refractivity contribution in [3.8, 4) is 0 Å². The molecule has 2 amide bonds. The second-order valence-corrected chi connectivity index (χ2v) is 9.07. The fraction of sp³-hybridized carbons (Fsp3) is 0.130. The second-order valence-electron chi connectivity index (χ2n) is 7.21. The van der Waals surface area contributed by atoms with Gasteiger partial charge in [0.2, 0.25) is 11.8 Å². The van der Waals surface area contributed by atoms with Gasteiger partial charge in [0, 0.05) is 0 Å². The Balaban J connectivity index is 1.74. The number of para-hydroxylation sites is 2. The molecular weight excluding hydrogens is 414 g/mol. The highest BCUT2D eigenvalue weighted by molar-refractivity contribution is 7.92. The number of benzene rings is 3. The number of amides is 2. The first-order chi connectivity index (χ1) is 14.9. The van der Waals surface area contributed by atoms with Crippen LogP contribution in [0.25, 0.3) is 0 Å². The Morgan fingerprint density at radius 2 is 1.71 bits per heavy atom. The third kappa shape index (κ3) is 4.15. The van der Waals surface area contributed by atoms with E-state index in [4.69, 9.17) is 0 Å². The predicted molar refractivity (Wildman–Crippen MR) is 120 cm³/mol. The van der Waals surface area contributed by atoms with Crippen LogP contribution in [-0.4, -0.2) is 33.3 Å². The van der Waals surface area contributed by atoms with Gasteiger partial charge in [-0.2, -0.15) is 0 Å². The molecule has 3 aromatic rings. The molecule has 158 valence electrons. The summed E-state index contributed by atoms with van der Waals surface area (Å²) in [7, 11) is -4.01. The lowest BCUT2D eigenvalue weighted by Crippen LogP contribution is -2.48. The fourth-order valence-corrected chi connectivity index (χ4v) is 4.91. The number of nitrogens with one attached hydrogen (secondary N) is 1. The Bertz CT molecular complexity index is 1240. The summed E-state index contributed by atoms with van der Waals surface area (Å²) >= 11 is 0. The lowest BCUT2D eigenvalue weighted by molar-refractivity contribution is -0.121. The first-order valence-electron chi connectivity index (χ1n) is 9.70. The summed E-state index contributed by atoms with van der Waals surface area (Å²) in [5.74, 6) is -0.830. The van der Waals surface area contributed by atoms with Crippen molar-refractivity contribution in [2.75, 3.05) is 27.6 Å². The number of carbonyl (C=O) groups is 2. The second kappa shape index (κ2) is 8.23. The molecule has 1 aliphatic heterocycles. The van der Waals surface area contributed by atoms with E-state index in [1.807, 2.05) is 13.0 Å². The van der Waals surface area contributed by atoms with Crippen molar-refractivity contribution in [3.05, 3.63) is 84.4 Å². The van der Waals surface area contributed by atoms with Crippen LogP contribution in [0.4, 0.5) is 17.1 Å². The Morgan fingerprint density at radius 1 is 1.00 bits per heavy atom. The van der Waals surface area contributed by atoms with E-state index < -0.39 is 22.5 Å². The van der Waals surface area contributed by atoms with Gasteiger partial charge in [0.1, 0.15) is 13.1 Å². The number of fused-ring (bicyclic) bond motifs is 1. The number of sulfonamides is 1. The molecule has 3 aromatic carbocycles. The van der Waals surface area contributed by atoms with Gasteiger partial charge in [-0.05, 0) is 48.9 Å². The summed E-state index contributed by atoms with van der Waals surface area (Å²) < 4.78 is 28.0.